The van der Waals surface area contributed by atoms with Gasteiger partial charge in [0.2, 0.25) is 0 Å². The summed E-state index contributed by atoms with van der Waals surface area (Å²) in [5, 5.41) is 13.8. The molecule has 8 rings (SSSR count). The van der Waals surface area contributed by atoms with Gasteiger partial charge in [-0.2, -0.15) is 0 Å². The molecule has 4 heteroatoms. The van der Waals surface area contributed by atoms with Crippen LogP contribution in [0.1, 0.15) is 11.1 Å². The third kappa shape index (κ3) is 5.25. The molecule has 0 aliphatic rings. The predicted molar refractivity (Wildman–Crippen MR) is 191 cm³/mol. The Morgan fingerprint density at radius 2 is 0.826 bits per heavy atom. The van der Waals surface area contributed by atoms with E-state index in [9.17, 15) is 0 Å². The molecule has 46 heavy (non-hydrogen) atoms. The van der Waals surface area contributed by atoms with Crippen molar-refractivity contribution in [2.75, 3.05) is 0 Å². The van der Waals surface area contributed by atoms with Gasteiger partial charge in [-0.3, -0.25) is 0 Å². The number of aryl methyl sites for hydroxylation is 2. The van der Waals surface area contributed by atoms with E-state index in [1.54, 1.807) is 0 Å². The quantitative estimate of drug-likeness (QED) is 0.185. The van der Waals surface area contributed by atoms with Crippen LogP contribution < -0.4 is 35.2 Å². The molecule has 0 radical (unpaired) electrons. The fourth-order valence-electron chi connectivity index (χ4n) is 7.71. The third-order valence-corrected chi connectivity index (χ3v) is 13.2. The van der Waals surface area contributed by atoms with Crippen LogP contribution in [0.3, 0.4) is 0 Å². The number of hydrogen-bond donors (Lipinski definition) is 0. The van der Waals surface area contributed by atoms with Crippen molar-refractivity contribution in [1.82, 2.24) is 0 Å². The summed E-state index contributed by atoms with van der Waals surface area (Å²) in [7, 11) is -2.22. The maximum absolute atomic E-state index is 2.56. The number of rotatable bonds is 4. The van der Waals surface area contributed by atoms with E-state index in [1.807, 2.05) is 0 Å². The van der Waals surface area contributed by atoms with Crippen LogP contribution in [-0.2, 0) is 26.2 Å². The average molecular weight is 729 g/mol. The van der Waals surface area contributed by atoms with Crippen molar-refractivity contribution in [2.45, 2.75) is 26.9 Å². The Bertz CT molecular complexity index is 2180. The standard InChI is InChI=1S/C42H34Si.2ClH.Zr/c1-27-25-31-17-11-23-37(41(31)39(27)35-21-9-15-29-13-5-7-19-33(29)35)43(3,4)38-24-12-18-32-26-28(2)40(42(32)38)36-22-10-16-30-14-6-8-20-34(30)36;;;/h5-26H,1-4H3;2*1H;/q-2;;;+4/p-2. The van der Waals surface area contributed by atoms with E-state index in [4.69, 9.17) is 0 Å². The first-order valence-electron chi connectivity index (χ1n) is 15.3. The first kappa shape index (κ1) is 34.1. The number of halogens is 2. The van der Waals surface area contributed by atoms with E-state index >= 15 is 0 Å². The van der Waals surface area contributed by atoms with Crippen LogP contribution in [0.4, 0.5) is 0 Å². The van der Waals surface area contributed by atoms with Crippen molar-refractivity contribution in [1.29, 1.82) is 0 Å². The molecule has 0 nitrogen and oxygen atoms in total. The van der Waals surface area contributed by atoms with Gasteiger partial charge < -0.3 is 24.8 Å². The van der Waals surface area contributed by atoms with E-state index in [0.717, 1.165) is 0 Å². The summed E-state index contributed by atoms with van der Waals surface area (Å²) in [6.45, 7) is 9.69. The fraction of sp³-hybridized carbons (Fsp3) is 0.0952. The topological polar surface area (TPSA) is 0 Å². The van der Waals surface area contributed by atoms with Crippen molar-refractivity contribution in [3.8, 4) is 22.3 Å². The summed E-state index contributed by atoms with van der Waals surface area (Å²) >= 11 is 0. The molecule has 0 saturated carbocycles. The van der Waals surface area contributed by atoms with Crippen LogP contribution in [0.5, 0.6) is 0 Å². The summed E-state index contributed by atoms with van der Waals surface area (Å²) in [6.07, 6.45) is 0. The van der Waals surface area contributed by atoms with E-state index in [1.165, 1.54) is 86.8 Å². The normalized spacial score (nSPS) is 11.4. The molecule has 0 aromatic heterocycles. The summed E-state index contributed by atoms with van der Waals surface area (Å²) < 4.78 is 0. The molecular formula is C42H34Cl2SiZr. The molecule has 0 aliphatic carbocycles. The minimum Gasteiger partial charge on any atom is -1.00 e. The Labute approximate surface area is 304 Å². The van der Waals surface area contributed by atoms with Crippen LogP contribution in [0, 0.1) is 13.8 Å². The molecule has 224 valence electrons. The molecule has 0 aliphatic heterocycles. The molecular weight excluding hydrogens is 695 g/mol. The number of benzene rings is 6. The smallest absolute Gasteiger partial charge is 1.00 e. The SMILES string of the molecule is Cc1[cH-]c2cccc([Si](C)(C)c3cccc4[cH-]c(C)c(-c5cccc6ccccc56)c34)c2c1-c1cccc2ccccc12.[Cl-].[Cl-].[Zr+4]. The molecule has 0 heterocycles. The van der Waals surface area contributed by atoms with Gasteiger partial charge in [0.05, 0.1) is 8.07 Å². The summed E-state index contributed by atoms with van der Waals surface area (Å²) in [4.78, 5) is 0. The minimum atomic E-state index is -2.22. The Hall–Kier alpha value is -3.26. The van der Waals surface area contributed by atoms with E-state index < -0.39 is 8.07 Å². The summed E-state index contributed by atoms with van der Waals surface area (Å²) in [6, 6.07) is 49.9. The Morgan fingerprint density at radius 3 is 1.26 bits per heavy atom. The zero-order chi connectivity index (χ0) is 29.3. The monoisotopic (exact) mass is 726 g/mol. The molecule has 0 fully saturated rings. The second kappa shape index (κ2) is 13.1. The Kier molecular flexibility index (Phi) is 9.70. The van der Waals surface area contributed by atoms with E-state index in [-0.39, 0.29) is 51.0 Å². The van der Waals surface area contributed by atoms with Crippen LogP contribution in [0.2, 0.25) is 13.1 Å². The van der Waals surface area contributed by atoms with Gasteiger partial charge in [0, 0.05) is 0 Å². The molecule has 8 aromatic carbocycles. The first-order chi connectivity index (χ1) is 20.9. The zero-order valence-electron chi connectivity index (χ0n) is 26.5. The van der Waals surface area contributed by atoms with Gasteiger partial charge in [-0.1, -0.05) is 146 Å². The van der Waals surface area contributed by atoms with Crippen molar-refractivity contribution in [3.63, 3.8) is 0 Å². The third-order valence-electron chi connectivity index (χ3n) is 9.69. The van der Waals surface area contributed by atoms with Gasteiger partial charge in [-0.25, -0.2) is 0 Å². The van der Waals surface area contributed by atoms with Crippen LogP contribution in [-0.4, -0.2) is 8.07 Å². The van der Waals surface area contributed by atoms with Crippen molar-refractivity contribution in [2.24, 2.45) is 0 Å². The average Bonchev–Trinajstić information content (AvgIpc) is 3.55. The van der Waals surface area contributed by atoms with Gasteiger partial charge in [0.15, 0.2) is 0 Å². The predicted octanol–water partition coefficient (Wildman–Crippen LogP) is 4.52. The largest absolute Gasteiger partial charge is 4.00 e. The minimum absolute atomic E-state index is 0. The van der Waals surface area contributed by atoms with Crippen LogP contribution in [0.25, 0.3) is 65.3 Å². The molecule has 0 atom stereocenters. The second-order valence-corrected chi connectivity index (χ2v) is 17.0. The zero-order valence-corrected chi connectivity index (χ0v) is 31.4. The van der Waals surface area contributed by atoms with Gasteiger partial charge in [-0.15, -0.1) is 80.2 Å². The Morgan fingerprint density at radius 1 is 0.457 bits per heavy atom. The van der Waals surface area contributed by atoms with Crippen LogP contribution >= 0.6 is 0 Å². The molecule has 0 amide bonds. The molecule has 0 spiro atoms. The maximum Gasteiger partial charge on any atom is 4.00 e. The second-order valence-electron chi connectivity index (χ2n) is 12.6. The molecule has 0 N–H and O–H groups in total. The van der Waals surface area contributed by atoms with E-state index in [2.05, 4.69) is 160 Å². The van der Waals surface area contributed by atoms with E-state index in [0.29, 0.717) is 0 Å². The van der Waals surface area contributed by atoms with Gasteiger partial charge in [0.1, 0.15) is 0 Å². The molecule has 0 unspecified atom stereocenters. The Balaban J connectivity index is 0.00000139. The molecule has 0 bridgehead atoms. The fourth-order valence-corrected chi connectivity index (χ4v) is 10.8. The molecule has 0 saturated heterocycles. The first-order valence-corrected chi connectivity index (χ1v) is 18.3. The van der Waals surface area contributed by atoms with Crippen molar-refractivity contribution in [3.05, 3.63) is 145 Å². The van der Waals surface area contributed by atoms with Gasteiger partial charge in [0.25, 0.3) is 0 Å². The maximum atomic E-state index is 2.56. The molecule has 8 aromatic rings. The number of hydrogen-bond acceptors (Lipinski definition) is 0. The van der Waals surface area contributed by atoms with Gasteiger partial charge >= 0.3 is 26.2 Å². The van der Waals surface area contributed by atoms with Crippen molar-refractivity contribution < 1.29 is 51.0 Å². The van der Waals surface area contributed by atoms with Gasteiger partial charge in [-0.05, 0) is 21.5 Å². The van der Waals surface area contributed by atoms with Crippen molar-refractivity contribution >= 4 is 61.5 Å². The summed E-state index contributed by atoms with van der Waals surface area (Å²) in [5.41, 5.74) is 8.15. The number of fused-ring (bicyclic) bond motifs is 4. The summed E-state index contributed by atoms with van der Waals surface area (Å²) in [5.74, 6) is 0. The van der Waals surface area contributed by atoms with Crippen LogP contribution in [0.15, 0.2) is 133 Å².